The van der Waals surface area contributed by atoms with Gasteiger partial charge in [0.05, 0.1) is 3.79 Å². The van der Waals surface area contributed by atoms with Crippen molar-refractivity contribution in [3.8, 4) is 0 Å². The van der Waals surface area contributed by atoms with Gasteiger partial charge in [0.1, 0.15) is 6.10 Å². The maximum absolute atomic E-state index is 10.7. The molecule has 4 rings (SSSR count). The van der Waals surface area contributed by atoms with Gasteiger partial charge < -0.3 is 5.11 Å². The van der Waals surface area contributed by atoms with Crippen LogP contribution in [0.25, 0.3) is 10.8 Å². The Bertz CT molecular complexity index is 796. The number of aryl methyl sites for hydroxylation is 2. The summed E-state index contributed by atoms with van der Waals surface area (Å²) in [5, 5.41) is 15.3. The molecule has 0 saturated heterocycles. The van der Waals surface area contributed by atoms with Gasteiger partial charge in [0.2, 0.25) is 0 Å². The van der Waals surface area contributed by atoms with Crippen molar-refractivity contribution in [3.63, 3.8) is 0 Å². The summed E-state index contributed by atoms with van der Waals surface area (Å²) in [6, 6.07) is 12.7. The molecule has 1 heterocycles. The molecule has 0 saturated carbocycles. The Balaban J connectivity index is 1.93. The van der Waals surface area contributed by atoms with Gasteiger partial charge in [-0.2, -0.15) is 0 Å². The standard InChI is InChI=1S/C17H13BrOS/c18-15-8-12(9-20-15)17(19)14-7-6-11-5-4-10-2-1-3-13(14)16(10)11/h1-3,6-9,17,19H,4-5H2. The Labute approximate surface area is 130 Å². The largest absolute Gasteiger partial charge is 0.384 e. The van der Waals surface area contributed by atoms with Crippen LogP contribution in [0.1, 0.15) is 28.4 Å². The second kappa shape index (κ2) is 4.69. The van der Waals surface area contributed by atoms with Crippen molar-refractivity contribution >= 4 is 38.0 Å². The van der Waals surface area contributed by atoms with E-state index in [-0.39, 0.29) is 0 Å². The molecule has 100 valence electrons. The van der Waals surface area contributed by atoms with Crippen molar-refractivity contribution in [1.29, 1.82) is 0 Å². The first kappa shape index (κ1) is 12.6. The van der Waals surface area contributed by atoms with Gasteiger partial charge in [0, 0.05) is 0 Å². The van der Waals surface area contributed by atoms with Crippen molar-refractivity contribution in [3.05, 3.63) is 67.8 Å². The highest BCUT2D eigenvalue weighted by molar-refractivity contribution is 9.11. The van der Waals surface area contributed by atoms with Gasteiger partial charge >= 0.3 is 0 Å². The van der Waals surface area contributed by atoms with Gasteiger partial charge in [-0.05, 0) is 73.2 Å². The Hall–Kier alpha value is -1.16. The molecule has 20 heavy (non-hydrogen) atoms. The predicted octanol–water partition coefficient (Wildman–Crippen LogP) is 4.84. The number of benzene rings is 2. The first-order valence-electron chi connectivity index (χ1n) is 6.69. The summed E-state index contributed by atoms with van der Waals surface area (Å²) >= 11 is 5.07. The summed E-state index contributed by atoms with van der Waals surface area (Å²) in [7, 11) is 0. The van der Waals surface area contributed by atoms with Crippen LogP contribution in [0.2, 0.25) is 0 Å². The number of aliphatic hydroxyl groups excluding tert-OH is 1. The lowest BCUT2D eigenvalue weighted by Gasteiger charge is -2.14. The van der Waals surface area contributed by atoms with Gasteiger partial charge in [0.15, 0.2) is 0 Å². The number of halogens is 1. The molecule has 1 aliphatic rings. The minimum Gasteiger partial charge on any atom is -0.384 e. The molecular formula is C17H13BrOS. The fraction of sp³-hybridized carbons (Fsp3) is 0.176. The van der Waals surface area contributed by atoms with Crippen LogP contribution in [0.15, 0.2) is 45.6 Å². The maximum Gasteiger partial charge on any atom is 0.105 e. The summed E-state index contributed by atoms with van der Waals surface area (Å²) in [5.74, 6) is 0. The lowest BCUT2D eigenvalue weighted by Crippen LogP contribution is -1.99. The number of hydrogen-bond acceptors (Lipinski definition) is 2. The van der Waals surface area contributed by atoms with E-state index in [0.29, 0.717) is 0 Å². The molecule has 0 amide bonds. The zero-order valence-corrected chi connectivity index (χ0v) is 13.2. The van der Waals surface area contributed by atoms with E-state index < -0.39 is 6.10 Å². The molecular weight excluding hydrogens is 332 g/mol. The number of thiophene rings is 1. The third-order valence-corrected chi connectivity index (χ3v) is 5.63. The summed E-state index contributed by atoms with van der Waals surface area (Å²) in [4.78, 5) is 0. The van der Waals surface area contributed by atoms with Crippen molar-refractivity contribution in [2.75, 3.05) is 0 Å². The Morgan fingerprint density at radius 2 is 1.90 bits per heavy atom. The van der Waals surface area contributed by atoms with Crippen molar-refractivity contribution in [1.82, 2.24) is 0 Å². The average Bonchev–Trinajstić information content (AvgIpc) is 3.07. The van der Waals surface area contributed by atoms with Crippen LogP contribution in [-0.2, 0) is 12.8 Å². The molecule has 1 nitrogen and oxygen atoms in total. The minimum atomic E-state index is -0.553. The molecule has 1 aromatic heterocycles. The lowest BCUT2D eigenvalue weighted by atomic mass is 9.94. The molecule has 2 aromatic carbocycles. The SMILES string of the molecule is OC(c1csc(Br)c1)c1ccc2c3c(cccc13)CC2. The smallest absolute Gasteiger partial charge is 0.105 e. The van der Waals surface area contributed by atoms with E-state index in [1.165, 1.54) is 21.9 Å². The topological polar surface area (TPSA) is 20.2 Å². The van der Waals surface area contributed by atoms with Crippen LogP contribution in [0.5, 0.6) is 0 Å². The summed E-state index contributed by atoms with van der Waals surface area (Å²) in [6.45, 7) is 0. The third-order valence-electron chi connectivity index (χ3n) is 4.11. The van der Waals surface area contributed by atoms with E-state index in [2.05, 4.69) is 46.3 Å². The molecule has 3 heteroatoms. The van der Waals surface area contributed by atoms with Crippen LogP contribution in [0, 0.1) is 0 Å². The summed E-state index contributed by atoms with van der Waals surface area (Å²) in [6.07, 6.45) is 1.69. The molecule has 1 atom stereocenters. The monoisotopic (exact) mass is 344 g/mol. The molecule has 0 fully saturated rings. The van der Waals surface area contributed by atoms with E-state index in [0.717, 1.165) is 27.8 Å². The quantitative estimate of drug-likeness (QED) is 0.704. The van der Waals surface area contributed by atoms with Crippen LogP contribution in [-0.4, -0.2) is 5.11 Å². The van der Waals surface area contributed by atoms with E-state index in [4.69, 9.17) is 0 Å². The Morgan fingerprint density at radius 3 is 2.65 bits per heavy atom. The molecule has 1 aliphatic carbocycles. The Kier molecular flexibility index (Phi) is 2.95. The molecule has 0 radical (unpaired) electrons. The van der Waals surface area contributed by atoms with E-state index in [1.54, 1.807) is 11.3 Å². The first-order valence-corrected chi connectivity index (χ1v) is 8.36. The fourth-order valence-corrected chi connectivity index (χ4v) is 4.35. The van der Waals surface area contributed by atoms with Crippen molar-refractivity contribution in [2.24, 2.45) is 0 Å². The molecule has 3 aromatic rings. The highest BCUT2D eigenvalue weighted by Gasteiger charge is 2.20. The maximum atomic E-state index is 10.7. The van der Waals surface area contributed by atoms with Gasteiger partial charge in [-0.3, -0.25) is 0 Å². The van der Waals surface area contributed by atoms with E-state index in [9.17, 15) is 5.11 Å². The number of hydrogen-bond donors (Lipinski definition) is 1. The third kappa shape index (κ3) is 1.85. The Morgan fingerprint density at radius 1 is 1.10 bits per heavy atom. The van der Waals surface area contributed by atoms with Gasteiger partial charge in [-0.1, -0.05) is 30.3 Å². The van der Waals surface area contributed by atoms with Crippen LogP contribution >= 0.6 is 27.3 Å². The van der Waals surface area contributed by atoms with Crippen molar-refractivity contribution < 1.29 is 5.11 Å². The molecule has 1 unspecified atom stereocenters. The molecule has 0 spiro atoms. The summed E-state index contributed by atoms with van der Waals surface area (Å²) in [5.41, 5.74) is 4.80. The van der Waals surface area contributed by atoms with Crippen LogP contribution in [0.3, 0.4) is 0 Å². The first-order chi connectivity index (χ1) is 9.74. The number of rotatable bonds is 2. The number of aliphatic hydroxyl groups is 1. The highest BCUT2D eigenvalue weighted by atomic mass is 79.9. The zero-order chi connectivity index (χ0) is 13.7. The second-order valence-corrected chi connectivity index (χ2v) is 7.53. The van der Waals surface area contributed by atoms with Gasteiger partial charge in [-0.25, -0.2) is 0 Å². The molecule has 0 bridgehead atoms. The van der Waals surface area contributed by atoms with Crippen LogP contribution < -0.4 is 0 Å². The summed E-state index contributed by atoms with van der Waals surface area (Å²) < 4.78 is 1.05. The predicted molar refractivity (Wildman–Crippen MR) is 87.4 cm³/mol. The van der Waals surface area contributed by atoms with Gasteiger partial charge in [0.25, 0.3) is 0 Å². The van der Waals surface area contributed by atoms with Crippen molar-refractivity contribution in [2.45, 2.75) is 18.9 Å². The fourth-order valence-electron chi connectivity index (χ4n) is 3.15. The molecule has 1 N–H and O–H groups in total. The normalized spacial score (nSPS) is 14.9. The second-order valence-electron chi connectivity index (χ2n) is 5.24. The van der Waals surface area contributed by atoms with Crippen LogP contribution in [0.4, 0.5) is 0 Å². The van der Waals surface area contributed by atoms with E-state index in [1.807, 2.05) is 11.4 Å². The lowest BCUT2D eigenvalue weighted by molar-refractivity contribution is 0.222. The minimum absolute atomic E-state index is 0.553. The van der Waals surface area contributed by atoms with Gasteiger partial charge in [-0.15, -0.1) is 11.3 Å². The average molecular weight is 345 g/mol. The highest BCUT2D eigenvalue weighted by Crippen LogP contribution is 2.37. The molecule has 0 aliphatic heterocycles. The van der Waals surface area contributed by atoms with E-state index >= 15 is 0 Å². The zero-order valence-electron chi connectivity index (χ0n) is 10.8.